The van der Waals surface area contributed by atoms with Crippen molar-refractivity contribution in [1.82, 2.24) is 4.90 Å². The molecule has 2 aromatic rings. The lowest BCUT2D eigenvalue weighted by molar-refractivity contribution is -0.148. The largest absolute Gasteiger partial charge is 0.452 e. The van der Waals surface area contributed by atoms with Gasteiger partial charge in [-0.3, -0.25) is 4.79 Å². The Morgan fingerprint density at radius 3 is 2.34 bits per heavy atom. The van der Waals surface area contributed by atoms with Gasteiger partial charge in [0.05, 0.1) is 0 Å². The lowest BCUT2D eigenvalue weighted by Gasteiger charge is -2.37. The van der Waals surface area contributed by atoms with Gasteiger partial charge in [0, 0.05) is 37.9 Å². The van der Waals surface area contributed by atoms with Crippen molar-refractivity contribution in [3.05, 3.63) is 70.8 Å². The molecule has 5 nitrogen and oxygen atoms in total. The lowest BCUT2D eigenvalue weighted by Crippen LogP contribution is -2.50. The molecule has 29 heavy (non-hydrogen) atoms. The maximum absolute atomic E-state index is 12.4. The van der Waals surface area contributed by atoms with Crippen molar-refractivity contribution in [3.8, 4) is 0 Å². The summed E-state index contributed by atoms with van der Waals surface area (Å²) in [4.78, 5) is 28.4. The van der Waals surface area contributed by atoms with Gasteiger partial charge in [-0.25, -0.2) is 4.79 Å². The first-order chi connectivity index (χ1) is 14.0. The van der Waals surface area contributed by atoms with Crippen LogP contribution in [-0.2, 0) is 14.3 Å². The molecule has 0 atom stereocenters. The van der Waals surface area contributed by atoms with Crippen molar-refractivity contribution in [3.63, 3.8) is 0 Å². The Morgan fingerprint density at radius 2 is 1.62 bits per heavy atom. The van der Waals surface area contributed by atoms with Crippen molar-refractivity contribution < 1.29 is 14.3 Å². The van der Waals surface area contributed by atoms with Crippen LogP contribution in [0.4, 0.5) is 5.69 Å². The van der Waals surface area contributed by atoms with Gasteiger partial charge in [0.25, 0.3) is 5.91 Å². The van der Waals surface area contributed by atoms with E-state index in [2.05, 4.69) is 36.9 Å². The highest BCUT2D eigenvalue weighted by Crippen LogP contribution is 2.23. The van der Waals surface area contributed by atoms with Gasteiger partial charge in [0.2, 0.25) is 0 Å². The molecule has 0 saturated carbocycles. The molecule has 1 amide bonds. The summed E-state index contributed by atoms with van der Waals surface area (Å²) in [5.41, 5.74) is 5.81. The molecule has 152 valence electrons. The molecule has 5 heteroatoms. The van der Waals surface area contributed by atoms with Crippen LogP contribution in [0.2, 0.25) is 0 Å². The minimum atomic E-state index is -0.504. The number of hydrogen-bond acceptors (Lipinski definition) is 4. The fraction of sp³-hybridized carbons (Fsp3) is 0.333. The molecule has 1 aliphatic rings. The molecular weight excluding hydrogens is 364 g/mol. The van der Waals surface area contributed by atoms with E-state index in [9.17, 15) is 9.59 Å². The Morgan fingerprint density at radius 1 is 0.931 bits per heavy atom. The number of piperazine rings is 1. The van der Waals surface area contributed by atoms with E-state index in [4.69, 9.17) is 4.74 Å². The van der Waals surface area contributed by atoms with Crippen LogP contribution in [0.25, 0.3) is 6.08 Å². The van der Waals surface area contributed by atoms with Crippen LogP contribution in [0.1, 0.15) is 22.3 Å². The third-order valence-electron chi connectivity index (χ3n) is 5.47. The minimum absolute atomic E-state index is 0.150. The van der Waals surface area contributed by atoms with Crippen LogP contribution < -0.4 is 4.90 Å². The number of carbonyl (C=O) groups is 2. The van der Waals surface area contributed by atoms with Crippen LogP contribution in [-0.4, -0.2) is 49.6 Å². The lowest BCUT2D eigenvalue weighted by atomic mass is 10.1. The second-order valence-corrected chi connectivity index (χ2v) is 7.38. The average molecular weight is 392 g/mol. The van der Waals surface area contributed by atoms with Crippen LogP contribution in [0.15, 0.2) is 48.5 Å². The third-order valence-corrected chi connectivity index (χ3v) is 5.47. The van der Waals surface area contributed by atoms with Crippen molar-refractivity contribution in [2.75, 3.05) is 37.7 Å². The van der Waals surface area contributed by atoms with E-state index in [1.165, 1.54) is 22.9 Å². The maximum Gasteiger partial charge on any atom is 0.331 e. The fourth-order valence-corrected chi connectivity index (χ4v) is 3.48. The molecule has 1 saturated heterocycles. The molecule has 2 aromatic carbocycles. The second kappa shape index (κ2) is 9.41. The van der Waals surface area contributed by atoms with Crippen molar-refractivity contribution in [2.24, 2.45) is 0 Å². The zero-order chi connectivity index (χ0) is 20.8. The summed E-state index contributed by atoms with van der Waals surface area (Å²) in [5, 5.41) is 0. The van der Waals surface area contributed by atoms with Gasteiger partial charge in [-0.15, -0.1) is 0 Å². The summed E-state index contributed by atoms with van der Waals surface area (Å²) in [5.74, 6) is -0.654. The fourth-order valence-electron chi connectivity index (χ4n) is 3.48. The highest BCUT2D eigenvalue weighted by Gasteiger charge is 2.22. The number of hydrogen-bond donors (Lipinski definition) is 0. The van der Waals surface area contributed by atoms with Gasteiger partial charge >= 0.3 is 5.97 Å². The summed E-state index contributed by atoms with van der Waals surface area (Å²) in [6.45, 7) is 8.80. The van der Waals surface area contributed by atoms with Crippen LogP contribution in [0.3, 0.4) is 0 Å². The summed E-state index contributed by atoms with van der Waals surface area (Å²) in [6, 6.07) is 14.1. The number of nitrogens with zero attached hydrogens (tertiary/aromatic N) is 2. The zero-order valence-electron chi connectivity index (χ0n) is 17.4. The molecule has 1 fully saturated rings. The number of aryl methyl sites for hydroxylation is 2. The van der Waals surface area contributed by atoms with E-state index >= 15 is 0 Å². The van der Waals surface area contributed by atoms with Gasteiger partial charge < -0.3 is 14.5 Å². The molecule has 3 rings (SSSR count). The zero-order valence-corrected chi connectivity index (χ0v) is 17.4. The molecule has 0 radical (unpaired) electrons. The first kappa shape index (κ1) is 20.6. The summed E-state index contributed by atoms with van der Waals surface area (Å²) < 4.78 is 5.13. The van der Waals surface area contributed by atoms with E-state index < -0.39 is 5.97 Å². The van der Waals surface area contributed by atoms with Crippen LogP contribution in [0, 0.1) is 20.8 Å². The third kappa shape index (κ3) is 5.25. The normalized spacial score (nSPS) is 14.3. The van der Waals surface area contributed by atoms with E-state index in [0.717, 1.165) is 24.2 Å². The Labute approximate surface area is 172 Å². The molecule has 0 aromatic heterocycles. The molecular formula is C24H28N2O3. The number of carbonyl (C=O) groups excluding carboxylic acids is 2. The Bertz CT molecular complexity index is 912. The van der Waals surface area contributed by atoms with Crippen molar-refractivity contribution in [1.29, 1.82) is 0 Å². The SMILES string of the molecule is Cc1ccccc1/C=C/C(=O)OCC(=O)N1CCN(c2cccc(C)c2C)CC1. The standard InChI is InChI=1S/C24H28N2O3/c1-18-8-6-10-22(20(18)3)25-13-15-26(16-14-25)23(27)17-29-24(28)12-11-21-9-5-4-7-19(21)2/h4-12H,13-17H2,1-3H3/b12-11+. The Balaban J connectivity index is 1.47. The minimum Gasteiger partial charge on any atom is -0.452 e. The van der Waals surface area contributed by atoms with E-state index in [1.807, 2.05) is 31.2 Å². The van der Waals surface area contributed by atoms with Gasteiger partial charge in [-0.1, -0.05) is 36.4 Å². The number of esters is 1. The van der Waals surface area contributed by atoms with Crippen molar-refractivity contribution in [2.45, 2.75) is 20.8 Å². The molecule has 1 aliphatic heterocycles. The predicted octanol–water partition coefficient (Wildman–Crippen LogP) is 3.52. The molecule has 0 aliphatic carbocycles. The molecule has 0 unspecified atom stereocenters. The highest BCUT2D eigenvalue weighted by atomic mass is 16.5. The molecule has 0 spiro atoms. The maximum atomic E-state index is 12.4. The average Bonchev–Trinajstić information content (AvgIpc) is 2.73. The Hall–Kier alpha value is -3.08. The summed E-state index contributed by atoms with van der Waals surface area (Å²) >= 11 is 0. The monoisotopic (exact) mass is 392 g/mol. The van der Waals surface area contributed by atoms with Gasteiger partial charge in [0.15, 0.2) is 6.61 Å². The first-order valence-corrected chi connectivity index (χ1v) is 9.95. The van der Waals surface area contributed by atoms with Gasteiger partial charge in [0.1, 0.15) is 0 Å². The number of ether oxygens (including phenoxy) is 1. The summed E-state index contributed by atoms with van der Waals surface area (Å²) in [6.07, 6.45) is 3.08. The van der Waals surface area contributed by atoms with Gasteiger partial charge in [-0.05, 0) is 55.2 Å². The summed E-state index contributed by atoms with van der Waals surface area (Å²) in [7, 11) is 0. The molecule has 1 heterocycles. The smallest absolute Gasteiger partial charge is 0.331 e. The molecule has 0 N–H and O–H groups in total. The Kier molecular flexibility index (Phi) is 6.70. The quantitative estimate of drug-likeness (QED) is 0.577. The number of amides is 1. The number of anilines is 1. The van der Waals surface area contributed by atoms with Crippen molar-refractivity contribution >= 4 is 23.6 Å². The van der Waals surface area contributed by atoms with E-state index in [-0.39, 0.29) is 12.5 Å². The second-order valence-electron chi connectivity index (χ2n) is 7.38. The number of rotatable bonds is 5. The van der Waals surface area contributed by atoms with Crippen LogP contribution >= 0.6 is 0 Å². The predicted molar refractivity (Wildman–Crippen MR) is 116 cm³/mol. The van der Waals surface area contributed by atoms with Crippen LogP contribution in [0.5, 0.6) is 0 Å². The highest BCUT2D eigenvalue weighted by molar-refractivity contribution is 5.89. The van der Waals surface area contributed by atoms with E-state index in [1.54, 1.807) is 11.0 Å². The molecule has 0 bridgehead atoms. The van der Waals surface area contributed by atoms with Gasteiger partial charge in [-0.2, -0.15) is 0 Å². The topological polar surface area (TPSA) is 49.9 Å². The first-order valence-electron chi connectivity index (χ1n) is 9.95. The van der Waals surface area contributed by atoms with E-state index in [0.29, 0.717) is 13.1 Å². The number of benzene rings is 2.